The number of likely N-dealkylation sites (tertiary alicyclic amines) is 1. The molecule has 0 aromatic heterocycles. The minimum absolute atomic E-state index is 0.935. The van der Waals surface area contributed by atoms with Crippen LogP contribution in [0.2, 0.25) is 13.1 Å². The van der Waals surface area contributed by atoms with Crippen molar-refractivity contribution >= 4 is 20.9 Å². The fraction of sp³-hybridized carbons (Fsp3) is 0.533. The van der Waals surface area contributed by atoms with E-state index in [4.69, 9.17) is 4.43 Å². The van der Waals surface area contributed by atoms with Crippen LogP contribution in [0.25, 0.3) is 0 Å². The summed E-state index contributed by atoms with van der Waals surface area (Å²) < 4.78 is 5.93. The van der Waals surface area contributed by atoms with Gasteiger partial charge in [-0.1, -0.05) is 6.07 Å². The van der Waals surface area contributed by atoms with Crippen molar-refractivity contribution in [1.82, 2.24) is 4.90 Å². The van der Waals surface area contributed by atoms with Crippen LogP contribution in [0.4, 0.5) is 5.69 Å². The van der Waals surface area contributed by atoms with Crippen molar-refractivity contribution in [3.63, 3.8) is 0 Å². The third-order valence-corrected chi connectivity index (χ3v) is 3.97. The van der Waals surface area contributed by atoms with E-state index < -0.39 is 9.04 Å². The second-order valence-corrected chi connectivity index (χ2v) is 7.79. The molecule has 104 valence electrons. The summed E-state index contributed by atoms with van der Waals surface area (Å²) in [5, 5.41) is 0. The Balaban J connectivity index is 2.04. The Hall–Kier alpha value is -1.13. The van der Waals surface area contributed by atoms with Crippen LogP contribution in [-0.2, 0) is 0 Å². The molecule has 0 amide bonds. The standard InChI is InChI=1S/C15H24N2OSi/c1-13-6-7-15(18-19(2)3)14(12-13)16-8-11-17-9-4-5-10-17/h6-8,12,19H,4-5,9-11H2,1-3H3. The normalized spacial score (nSPS) is 16.6. The minimum Gasteiger partial charge on any atom is -0.546 e. The highest BCUT2D eigenvalue weighted by Gasteiger charge is 2.09. The van der Waals surface area contributed by atoms with E-state index in [9.17, 15) is 0 Å². The molecule has 0 radical (unpaired) electrons. The second kappa shape index (κ2) is 6.87. The van der Waals surface area contributed by atoms with Gasteiger partial charge in [-0.25, -0.2) is 0 Å². The van der Waals surface area contributed by atoms with Gasteiger partial charge in [0.2, 0.25) is 9.04 Å². The van der Waals surface area contributed by atoms with E-state index in [0.717, 1.165) is 18.0 Å². The van der Waals surface area contributed by atoms with Gasteiger partial charge < -0.3 is 4.43 Å². The van der Waals surface area contributed by atoms with Crippen LogP contribution in [0.5, 0.6) is 5.75 Å². The van der Waals surface area contributed by atoms with E-state index in [1.54, 1.807) is 0 Å². The number of aliphatic imine (C=N–C) groups is 1. The SMILES string of the molecule is Cc1ccc(O[SiH](C)C)c(N=CCN2CCCC2)c1. The molecule has 0 spiro atoms. The van der Waals surface area contributed by atoms with Crippen molar-refractivity contribution < 1.29 is 4.43 Å². The quantitative estimate of drug-likeness (QED) is 0.609. The first-order valence-corrected chi connectivity index (χ1v) is 9.95. The van der Waals surface area contributed by atoms with E-state index in [1.165, 1.54) is 31.5 Å². The second-order valence-electron chi connectivity index (χ2n) is 5.46. The lowest BCUT2D eigenvalue weighted by molar-refractivity contribution is 0.391. The molecule has 0 aliphatic carbocycles. The Morgan fingerprint density at radius 2 is 2.05 bits per heavy atom. The van der Waals surface area contributed by atoms with Crippen LogP contribution in [-0.4, -0.2) is 39.8 Å². The van der Waals surface area contributed by atoms with Crippen molar-refractivity contribution in [2.75, 3.05) is 19.6 Å². The summed E-state index contributed by atoms with van der Waals surface area (Å²) in [7, 11) is -1.08. The molecule has 1 fully saturated rings. The zero-order chi connectivity index (χ0) is 13.7. The molecule has 1 aliphatic heterocycles. The highest BCUT2D eigenvalue weighted by Crippen LogP contribution is 2.28. The van der Waals surface area contributed by atoms with Gasteiger partial charge in [0.1, 0.15) is 11.4 Å². The summed E-state index contributed by atoms with van der Waals surface area (Å²) in [6, 6.07) is 6.24. The van der Waals surface area contributed by atoms with Gasteiger partial charge in [-0.2, -0.15) is 0 Å². The van der Waals surface area contributed by atoms with Crippen LogP contribution >= 0.6 is 0 Å². The molecule has 3 nitrogen and oxygen atoms in total. The van der Waals surface area contributed by atoms with Crippen LogP contribution < -0.4 is 4.43 Å². The maximum atomic E-state index is 5.93. The summed E-state index contributed by atoms with van der Waals surface area (Å²) in [6.45, 7) is 9.82. The molecule has 1 aliphatic rings. The lowest BCUT2D eigenvalue weighted by Crippen LogP contribution is -2.21. The van der Waals surface area contributed by atoms with Crippen molar-refractivity contribution in [3.8, 4) is 5.75 Å². The topological polar surface area (TPSA) is 24.8 Å². The number of hydrogen-bond donors (Lipinski definition) is 0. The smallest absolute Gasteiger partial charge is 0.229 e. The van der Waals surface area contributed by atoms with Gasteiger partial charge >= 0.3 is 0 Å². The first kappa shape index (κ1) is 14.3. The summed E-state index contributed by atoms with van der Waals surface area (Å²) in [6.07, 6.45) is 4.67. The van der Waals surface area contributed by atoms with Gasteiger partial charge in [0.25, 0.3) is 0 Å². The van der Waals surface area contributed by atoms with Crippen molar-refractivity contribution in [1.29, 1.82) is 0 Å². The third-order valence-electron chi connectivity index (χ3n) is 3.25. The predicted octanol–water partition coefficient (Wildman–Crippen LogP) is 3.16. The maximum absolute atomic E-state index is 5.93. The van der Waals surface area contributed by atoms with Gasteiger partial charge in [-0.15, -0.1) is 0 Å². The molecule has 4 heteroatoms. The van der Waals surface area contributed by atoms with Crippen molar-refractivity contribution in [2.45, 2.75) is 32.9 Å². The fourth-order valence-electron chi connectivity index (χ4n) is 2.30. The van der Waals surface area contributed by atoms with Gasteiger partial charge in [0, 0.05) is 12.8 Å². The average molecular weight is 276 g/mol. The fourth-order valence-corrected chi connectivity index (χ4v) is 3.01. The summed E-state index contributed by atoms with van der Waals surface area (Å²) in [5.41, 5.74) is 2.20. The zero-order valence-electron chi connectivity index (χ0n) is 12.2. The molecular weight excluding hydrogens is 252 g/mol. The molecule has 2 rings (SSSR count). The van der Waals surface area contributed by atoms with E-state index in [0.29, 0.717) is 0 Å². The number of hydrogen-bond acceptors (Lipinski definition) is 3. The molecule has 0 saturated carbocycles. The van der Waals surface area contributed by atoms with Crippen molar-refractivity contribution in [2.24, 2.45) is 4.99 Å². The van der Waals surface area contributed by atoms with Gasteiger partial charge in [0.15, 0.2) is 0 Å². The molecule has 1 aromatic rings. The Kier molecular flexibility index (Phi) is 5.16. The average Bonchev–Trinajstić information content (AvgIpc) is 2.85. The van der Waals surface area contributed by atoms with Gasteiger partial charge in [0.05, 0.1) is 0 Å². The van der Waals surface area contributed by atoms with E-state index in [1.807, 2.05) is 12.3 Å². The predicted molar refractivity (Wildman–Crippen MR) is 84.5 cm³/mol. The minimum atomic E-state index is -1.08. The van der Waals surface area contributed by atoms with Crippen LogP contribution in [0.1, 0.15) is 18.4 Å². The summed E-state index contributed by atoms with van der Waals surface area (Å²) >= 11 is 0. The van der Waals surface area contributed by atoms with Crippen LogP contribution in [0, 0.1) is 6.92 Å². The lowest BCUT2D eigenvalue weighted by atomic mass is 10.2. The Bertz CT molecular complexity index is 440. The number of nitrogens with zero attached hydrogens (tertiary/aromatic N) is 2. The lowest BCUT2D eigenvalue weighted by Gasteiger charge is -2.13. The van der Waals surface area contributed by atoms with Gasteiger partial charge in [-0.3, -0.25) is 9.89 Å². The first-order valence-electron chi connectivity index (χ1n) is 7.17. The maximum Gasteiger partial charge on any atom is 0.229 e. The molecule has 0 atom stereocenters. The molecule has 1 heterocycles. The first-order chi connectivity index (χ1) is 9.15. The highest BCUT2D eigenvalue weighted by molar-refractivity contribution is 6.49. The zero-order valence-corrected chi connectivity index (χ0v) is 13.4. The molecule has 0 bridgehead atoms. The van der Waals surface area contributed by atoms with E-state index >= 15 is 0 Å². The highest BCUT2D eigenvalue weighted by atomic mass is 28.3. The van der Waals surface area contributed by atoms with Crippen LogP contribution in [0.3, 0.4) is 0 Å². The third kappa shape index (κ3) is 4.47. The monoisotopic (exact) mass is 276 g/mol. The van der Waals surface area contributed by atoms with Gasteiger partial charge in [-0.05, 0) is 63.6 Å². The summed E-state index contributed by atoms with van der Waals surface area (Å²) in [4.78, 5) is 7.06. The van der Waals surface area contributed by atoms with E-state index in [2.05, 4.69) is 42.0 Å². The largest absolute Gasteiger partial charge is 0.546 e. The summed E-state index contributed by atoms with van der Waals surface area (Å²) in [5.74, 6) is 0.935. The molecule has 0 N–H and O–H groups in total. The number of aryl methyl sites for hydroxylation is 1. The van der Waals surface area contributed by atoms with E-state index in [-0.39, 0.29) is 0 Å². The Morgan fingerprint density at radius 3 is 2.74 bits per heavy atom. The molecule has 0 unspecified atom stereocenters. The van der Waals surface area contributed by atoms with Crippen molar-refractivity contribution in [3.05, 3.63) is 23.8 Å². The molecule has 1 saturated heterocycles. The molecular formula is C15H24N2OSi. The number of benzene rings is 1. The Labute approximate surface area is 118 Å². The molecule has 19 heavy (non-hydrogen) atoms. The molecule has 1 aromatic carbocycles. The van der Waals surface area contributed by atoms with Crippen LogP contribution in [0.15, 0.2) is 23.2 Å². The number of rotatable bonds is 5. The Morgan fingerprint density at radius 1 is 1.32 bits per heavy atom.